The molecule has 12 aromatic rings. The summed E-state index contributed by atoms with van der Waals surface area (Å²) in [5.74, 6) is -25.2. The fourth-order valence-corrected chi connectivity index (χ4v) is 18.2. The van der Waals surface area contributed by atoms with Crippen LogP contribution < -0.4 is 48.6 Å². The van der Waals surface area contributed by atoms with Gasteiger partial charge < -0.3 is 46.6 Å². The smallest absolute Gasteiger partial charge is 0.276 e. The van der Waals surface area contributed by atoms with Crippen molar-refractivity contribution in [3.05, 3.63) is 259 Å². The van der Waals surface area contributed by atoms with E-state index in [0.717, 1.165) is 13.7 Å². The molecule has 9 aromatic heterocycles. The van der Waals surface area contributed by atoms with Crippen molar-refractivity contribution in [3.63, 3.8) is 0 Å². The number of benzene rings is 3. The summed E-state index contributed by atoms with van der Waals surface area (Å²) >= 11 is 19.8. The quantitative estimate of drug-likeness (QED) is 0.0282. The van der Waals surface area contributed by atoms with Crippen LogP contribution in [-0.4, -0.2) is 153 Å². The molecule has 27 nitrogen and oxygen atoms in total. The molecule has 3 aromatic carbocycles. The van der Waals surface area contributed by atoms with Crippen LogP contribution >= 0.6 is 34.8 Å². The lowest BCUT2D eigenvalue weighted by Gasteiger charge is -2.41. The van der Waals surface area contributed by atoms with Crippen LogP contribution in [0.25, 0.3) is 83.9 Å². The number of nitrogens with two attached hydrogens (primary N) is 3. The van der Waals surface area contributed by atoms with E-state index in [4.69, 9.17) is 52.0 Å². The molecule has 12 heterocycles. The van der Waals surface area contributed by atoms with Gasteiger partial charge in [-0.25, -0.2) is 67.6 Å². The molecule has 3 amide bonds. The number of nitrogens with zero attached hydrogens (tertiary/aromatic N) is 18. The minimum atomic E-state index is -2.12. The highest BCUT2D eigenvalue weighted by Crippen LogP contribution is 2.48. The van der Waals surface area contributed by atoms with E-state index in [1.165, 1.54) is 36.4 Å². The molecule has 3 atom stereocenters. The van der Waals surface area contributed by atoms with Gasteiger partial charge in [-0.2, -0.15) is 15.8 Å². The van der Waals surface area contributed by atoms with E-state index in [2.05, 4.69) is 49.6 Å². The van der Waals surface area contributed by atoms with Gasteiger partial charge in [-0.15, -0.1) is 0 Å². The Bertz CT molecular complexity index is 6780. The lowest BCUT2D eigenvalue weighted by atomic mass is 10.0. The third-order valence-corrected chi connectivity index (χ3v) is 25.0. The minimum absolute atomic E-state index is 0.149. The molecule has 3 fully saturated rings. The average molecular weight is 1960 g/mol. The molecule has 0 spiro atoms. The standard InChI is InChI=1S/3C32H28ClF4N7O2/c3*1-6-20(45)42-9-10-43(16(5)13-42)30-17-11-19(33)28(21-22(34)23(35)24(36)25(37)26(21)39)41-31(17)44(32(46)18(30)12-38)29-15(4)7-8-40-27(29)14(2)3/h3*6-8,11,14,16H,1,9-10,13,39H2,2-5H3/t3*16-/m000/s1. The zero-order valence-electron chi connectivity index (χ0n) is 75.8. The summed E-state index contributed by atoms with van der Waals surface area (Å²) in [5, 5.41) is 30.7. The first-order valence-corrected chi connectivity index (χ1v) is 43.7. The van der Waals surface area contributed by atoms with Crippen LogP contribution in [0.3, 0.4) is 0 Å². The topological polar surface area (TPSA) is 363 Å². The number of hydrogen-bond acceptors (Lipinski definition) is 21. The summed E-state index contributed by atoms with van der Waals surface area (Å²) in [6, 6.07) is 13.6. The molecule has 6 N–H and O–H groups in total. The largest absolute Gasteiger partial charge is 0.396 e. The Kier molecular flexibility index (Phi) is 28.7. The van der Waals surface area contributed by atoms with E-state index in [-0.39, 0.29) is 193 Å². The van der Waals surface area contributed by atoms with Gasteiger partial charge in [0.2, 0.25) is 17.7 Å². The van der Waals surface area contributed by atoms with Crippen molar-refractivity contribution in [1.82, 2.24) is 58.3 Å². The zero-order chi connectivity index (χ0) is 101. The molecule has 3 saturated heterocycles. The third kappa shape index (κ3) is 17.3. The van der Waals surface area contributed by atoms with Crippen LogP contribution in [0.15, 0.2) is 107 Å². The predicted molar refractivity (Wildman–Crippen MR) is 501 cm³/mol. The Morgan fingerprint density at radius 2 is 0.616 bits per heavy atom. The first-order valence-electron chi connectivity index (χ1n) is 42.6. The Hall–Kier alpha value is -14.9. The molecule has 0 unspecified atom stereocenters. The second-order valence-electron chi connectivity index (χ2n) is 33.8. The first-order chi connectivity index (χ1) is 65.2. The van der Waals surface area contributed by atoms with E-state index < -0.39 is 155 Å². The highest BCUT2D eigenvalue weighted by molar-refractivity contribution is 6.35. The molecule has 42 heteroatoms. The van der Waals surface area contributed by atoms with E-state index >= 15 is 13.2 Å². The van der Waals surface area contributed by atoms with Crippen LogP contribution in [0.1, 0.15) is 131 Å². The van der Waals surface area contributed by atoms with Crippen molar-refractivity contribution in [2.45, 2.75) is 119 Å². The van der Waals surface area contributed by atoms with Gasteiger partial charge in [-0.1, -0.05) is 96.1 Å². The summed E-state index contributed by atoms with van der Waals surface area (Å²) in [6.45, 7) is 34.2. The number of nitrogen functional groups attached to an aromatic ring is 3. The third-order valence-electron chi connectivity index (χ3n) is 24.2. The molecular formula is C96H84Cl3F12N21O6. The van der Waals surface area contributed by atoms with Crippen LogP contribution in [0.5, 0.6) is 0 Å². The highest BCUT2D eigenvalue weighted by atomic mass is 35.5. The lowest BCUT2D eigenvalue weighted by molar-refractivity contribution is -0.127. The van der Waals surface area contributed by atoms with Gasteiger partial charge in [0.1, 0.15) is 51.8 Å². The number of halogens is 15. The molecule has 714 valence electrons. The van der Waals surface area contributed by atoms with Crippen LogP contribution in [-0.2, 0) is 14.4 Å². The number of aryl methyl sites for hydroxylation is 3. The van der Waals surface area contributed by atoms with E-state index in [9.17, 15) is 84.1 Å². The maximum absolute atomic E-state index is 15.2. The van der Waals surface area contributed by atoms with Gasteiger partial charge in [-0.3, -0.25) is 57.4 Å². The molecule has 0 saturated carbocycles. The van der Waals surface area contributed by atoms with Crippen LogP contribution in [0.4, 0.5) is 86.8 Å². The van der Waals surface area contributed by atoms with E-state index in [1.807, 2.05) is 59.8 Å². The monoisotopic (exact) mass is 1960 g/mol. The maximum atomic E-state index is 15.2. The van der Waals surface area contributed by atoms with E-state index in [0.29, 0.717) is 33.8 Å². The van der Waals surface area contributed by atoms with Crippen molar-refractivity contribution < 1.29 is 67.1 Å². The molecule has 0 bridgehead atoms. The first kappa shape index (κ1) is 101. The van der Waals surface area contributed by atoms with Crippen molar-refractivity contribution >= 4 is 120 Å². The maximum Gasteiger partial charge on any atom is 0.276 e. The molecule has 3 aliphatic rings. The number of aromatic nitrogens is 9. The summed E-state index contributed by atoms with van der Waals surface area (Å²) in [7, 11) is 0. The minimum Gasteiger partial charge on any atom is -0.396 e. The fraction of sp³-hybridized carbons (Fsp3) is 0.281. The lowest BCUT2D eigenvalue weighted by Crippen LogP contribution is -2.54. The molecule has 15 rings (SSSR count). The van der Waals surface area contributed by atoms with E-state index in [1.54, 1.807) is 108 Å². The van der Waals surface area contributed by atoms with Gasteiger partial charge >= 0.3 is 0 Å². The van der Waals surface area contributed by atoms with Gasteiger partial charge in [-0.05, 0) is 131 Å². The van der Waals surface area contributed by atoms with Crippen molar-refractivity contribution in [2.75, 3.05) is 90.8 Å². The summed E-state index contributed by atoms with van der Waals surface area (Å²) in [6.07, 6.45) is 8.26. The van der Waals surface area contributed by atoms with Crippen molar-refractivity contribution in [3.8, 4) is 69.0 Å². The SMILES string of the molecule is C=CC(=O)N1CCN(c2c(C#N)c(=O)n(-c3c(C)ccnc3C(C)C)c3nc(-c4c(N)c(F)c(F)c(F)c4F)c(Cl)cc23)[C@@H](C)C1.C=CC(=O)N1CCN(c2c(C#N)c(=O)n(-c3c(C)ccnc3C(C)C)c3nc(-c4c(N)c(F)c(F)c(F)c4F)c(Cl)cc23)[C@@H](C)C1.C=CC(=O)N1CCN(c2c(C#N)c(=O)n(-c3c(C)ccnc3C(C)C)c3nc(-c4c(N)c(F)c(F)c(F)c4F)c(Cl)cc23)[C@@H](C)C1. The van der Waals surface area contributed by atoms with Gasteiger partial charge in [0.25, 0.3) is 16.7 Å². The second-order valence-corrected chi connectivity index (χ2v) is 35.0. The molecule has 0 radical (unpaired) electrons. The average Bonchev–Trinajstić information content (AvgIpc) is 0.726. The number of fused-ring (bicyclic) bond motifs is 3. The Morgan fingerprint density at radius 3 is 0.819 bits per heavy atom. The summed E-state index contributed by atoms with van der Waals surface area (Å²) < 4.78 is 179. The Balaban J connectivity index is 0.000000175. The predicted octanol–water partition coefficient (Wildman–Crippen LogP) is 17.3. The zero-order valence-corrected chi connectivity index (χ0v) is 78.0. The molecule has 0 aliphatic carbocycles. The number of pyridine rings is 9. The number of anilines is 6. The number of carbonyl (C=O) groups excluding carboxylic acids is 3. The number of rotatable bonds is 15. The fourth-order valence-electron chi connectivity index (χ4n) is 17.5. The molecular weight excluding hydrogens is 1880 g/mol. The highest BCUT2D eigenvalue weighted by Gasteiger charge is 2.41. The Morgan fingerprint density at radius 1 is 0.391 bits per heavy atom. The van der Waals surface area contributed by atoms with Crippen molar-refractivity contribution in [2.24, 2.45) is 0 Å². The van der Waals surface area contributed by atoms with Crippen molar-refractivity contribution in [1.29, 1.82) is 15.8 Å². The molecule has 3 aliphatic heterocycles. The number of amides is 3. The number of piperazine rings is 3. The Labute approximate surface area is 794 Å². The van der Waals surface area contributed by atoms with Gasteiger partial charge in [0.15, 0.2) is 69.8 Å². The normalized spacial score (nSPS) is 15.0. The summed E-state index contributed by atoms with van der Waals surface area (Å²) in [5.41, 5.74) is 10.2. The van der Waals surface area contributed by atoms with Gasteiger partial charge in [0.05, 0.1) is 117 Å². The number of hydrogen-bond donors (Lipinski definition) is 3. The molecule has 138 heavy (non-hydrogen) atoms. The van der Waals surface area contributed by atoms with Gasteiger partial charge in [0, 0.05) is 112 Å². The number of nitriles is 3. The van der Waals surface area contributed by atoms with Crippen LogP contribution in [0.2, 0.25) is 15.1 Å². The van der Waals surface area contributed by atoms with Crippen LogP contribution in [0, 0.1) is 125 Å². The second kappa shape index (κ2) is 39.4. The summed E-state index contributed by atoms with van der Waals surface area (Å²) in [4.78, 5) is 117. The number of carbonyl (C=O) groups is 3.